The molecule has 1 aliphatic rings. The van der Waals surface area contributed by atoms with Crippen molar-refractivity contribution in [1.82, 2.24) is 19.7 Å². The maximum Gasteiger partial charge on any atom is 0.345 e. The summed E-state index contributed by atoms with van der Waals surface area (Å²) < 4.78 is 3.14. The van der Waals surface area contributed by atoms with Gasteiger partial charge in [-0.2, -0.15) is 5.10 Å². The van der Waals surface area contributed by atoms with Crippen molar-refractivity contribution in [3.63, 3.8) is 0 Å². The molecule has 5 nitrogen and oxygen atoms in total. The maximum atomic E-state index is 11.4. The molecule has 0 saturated heterocycles. The maximum absolute atomic E-state index is 11.4. The highest BCUT2D eigenvalue weighted by molar-refractivity contribution is 5.85. The molecule has 2 heterocycles. The quantitative estimate of drug-likeness (QED) is 0.599. The van der Waals surface area contributed by atoms with E-state index in [2.05, 4.69) is 10.4 Å². The van der Waals surface area contributed by atoms with Crippen molar-refractivity contribution >= 4 is 12.4 Å². The van der Waals surface area contributed by atoms with E-state index in [9.17, 15) is 4.79 Å². The van der Waals surface area contributed by atoms with Gasteiger partial charge in [0.05, 0.1) is 0 Å². The molecule has 0 saturated carbocycles. The van der Waals surface area contributed by atoms with Crippen molar-refractivity contribution in [3.8, 4) is 0 Å². The Hall–Kier alpha value is -0.810. The van der Waals surface area contributed by atoms with Gasteiger partial charge in [-0.25, -0.2) is 9.48 Å². The summed E-state index contributed by atoms with van der Waals surface area (Å²) in [4.78, 5) is 11.4. The zero-order valence-corrected chi connectivity index (χ0v) is 8.30. The highest BCUT2D eigenvalue weighted by Gasteiger charge is 2.12. The molecule has 0 aromatic carbocycles. The van der Waals surface area contributed by atoms with Crippen molar-refractivity contribution in [2.75, 3.05) is 13.1 Å². The fraction of sp³-hybridized carbons (Fsp3) is 0.714. The fourth-order valence-corrected chi connectivity index (χ4v) is 1.48. The second-order valence-electron chi connectivity index (χ2n) is 2.97. The van der Waals surface area contributed by atoms with Crippen LogP contribution in [0.2, 0.25) is 0 Å². The highest BCUT2D eigenvalue weighted by atomic mass is 35.5. The van der Waals surface area contributed by atoms with Gasteiger partial charge in [-0.3, -0.25) is 4.57 Å². The number of rotatable bonds is 0. The van der Waals surface area contributed by atoms with Crippen LogP contribution in [0.25, 0.3) is 0 Å². The molecule has 0 fully saturated rings. The summed E-state index contributed by atoms with van der Waals surface area (Å²) in [6.07, 6.45) is 0.843. The summed E-state index contributed by atoms with van der Waals surface area (Å²) in [5, 5.41) is 7.36. The molecule has 0 spiro atoms. The van der Waals surface area contributed by atoms with Crippen LogP contribution in [0.15, 0.2) is 4.79 Å². The Morgan fingerprint density at radius 3 is 3.00 bits per heavy atom. The molecule has 2 rings (SSSR count). The number of hydrogen-bond donors (Lipinski definition) is 1. The van der Waals surface area contributed by atoms with E-state index >= 15 is 0 Å². The number of nitrogens with one attached hydrogen (secondary N) is 1. The lowest BCUT2D eigenvalue weighted by atomic mass is 10.4. The van der Waals surface area contributed by atoms with E-state index in [1.54, 1.807) is 11.6 Å². The van der Waals surface area contributed by atoms with Gasteiger partial charge in [-0.15, -0.1) is 12.4 Å². The molecule has 0 amide bonds. The number of nitrogens with zero attached hydrogens (tertiary/aromatic N) is 3. The largest absolute Gasteiger partial charge is 0.345 e. The van der Waals surface area contributed by atoms with Crippen LogP contribution in [0.5, 0.6) is 0 Å². The minimum absolute atomic E-state index is 0. The van der Waals surface area contributed by atoms with Crippen LogP contribution in [0.3, 0.4) is 0 Å². The highest BCUT2D eigenvalue weighted by Crippen LogP contribution is 1.95. The van der Waals surface area contributed by atoms with Crippen molar-refractivity contribution in [1.29, 1.82) is 0 Å². The minimum atomic E-state index is -0.00583. The Morgan fingerprint density at radius 1 is 1.46 bits per heavy atom. The molecular weight excluding hydrogens is 192 g/mol. The zero-order chi connectivity index (χ0) is 8.55. The van der Waals surface area contributed by atoms with Gasteiger partial charge in [0.1, 0.15) is 5.82 Å². The van der Waals surface area contributed by atoms with Gasteiger partial charge in [0, 0.05) is 33.1 Å². The first-order valence-electron chi connectivity index (χ1n) is 4.12. The molecule has 1 N–H and O–H groups in total. The van der Waals surface area contributed by atoms with Crippen LogP contribution in [0.4, 0.5) is 0 Å². The smallest absolute Gasteiger partial charge is 0.315 e. The van der Waals surface area contributed by atoms with Gasteiger partial charge in [-0.05, 0) is 0 Å². The van der Waals surface area contributed by atoms with Gasteiger partial charge in [0.2, 0.25) is 0 Å². The predicted octanol–water partition coefficient (Wildman–Crippen LogP) is -0.851. The molecule has 1 aromatic rings. The zero-order valence-electron chi connectivity index (χ0n) is 7.49. The Labute approximate surface area is 82.2 Å². The molecule has 0 aliphatic carbocycles. The first-order valence-corrected chi connectivity index (χ1v) is 4.12. The lowest BCUT2D eigenvalue weighted by Crippen LogP contribution is -2.26. The molecule has 74 valence electrons. The molecule has 1 aromatic heterocycles. The van der Waals surface area contributed by atoms with Gasteiger partial charge in [-0.1, -0.05) is 0 Å². The summed E-state index contributed by atoms with van der Waals surface area (Å²) in [7, 11) is 1.69. The molecule has 0 bridgehead atoms. The number of halogens is 1. The molecular formula is C7H13ClN4O. The van der Waals surface area contributed by atoms with Crippen LogP contribution in [0, 0.1) is 0 Å². The van der Waals surface area contributed by atoms with Gasteiger partial charge in [0.15, 0.2) is 0 Å². The third-order valence-corrected chi connectivity index (χ3v) is 2.12. The molecule has 1 aliphatic heterocycles. The normalized spacial score (nSPS) is 15.8. The monoisotopic (exact) mass is 204 g/mol. The van der Waals surface area contributed by atoms with E-state index in [4.69, 9.17) is 0 Å². The van der Waals surface area contributed by atoms with E-state index in [1.807, 2.05) is 0 Å². The third kappa shape index (κ3) is 1.76. The van der Waals surface area contributed by atoms with Crippen LogP contribution in [-0.4, -0.2) is 27.4 Å². The standard InChI is InChI=1S/C7H12N4O.ClH/c1-10-7(12)11-5-4-8-3-2-6(11)9-10;/h8H,2-5H2,1H3;1H. The molecule has 6 heteroatoms. The van der Waals surface area contributed by atoms with Crippen molar-refractivity contribution < 1.29 is 0 Å². The average Bonchev–Trinajstić information content (AvgIpc) is 2.30. The van der Waals surface area contributed by atoms with Crippen LogP contribution < -0.4 is 11.0 Å². The number of hydrogen-bond acceptors (Lipinski definition) is 3. The number of fused-ring (bicyclic) bond motifs is 1. The Morgan fingerprint density at radius 2 is 2.23 bits per heavy atom. The second kappa shape index (κ2) is 3.93. The predicted molar refractivity (Wildman–Crippen MR) is 51.3 cm³/mol. The molecule has 0 unspecified atom stereocenters. The minimum Gasteiger partial charge on any atom is -0.315 e. The van der Waals surface area contributed by atoms with Gasteiger partial charge >= 0.3 is 5.69 Å². The van der Waals surface area contributed by atoms with Crippen LogP contribution in [0.1, 0.15) is 5.82 Å². The molecule has 0 atom stereocenters. The van der Waals surface area contributed by atoms with Crippen LogP contribution in [-0.2, 0) is 20.0 Å². The van der Waals surface area contributed by atoms with E-state index in [0.29, 0.717) is 0 Å². The number of aryl methyl sites for hydroxylation is 1. The Balaban J connectivity index is 0.000000845. The van der Waals surface area contributed by atoms with E-state index in [1.165, 1.54) is 4.68 Å². The third-order valence-electron chi connectivity index (χ3n) is 2.12. The summed E-state index contributed by atoms with van der Waals surface area (Å²) in [5.74, 6) is 0.896. The Kier molecular flexibility index (Phi) is 3.11. The van der Waals surface area contributed by atoms with E-state index < -0.39 is 0 Å². The van der Waals surface area contributed by atoms with E-state index in [-0.39, 0.29) is 18.1 Å². The average molecular weight is 205 g/mol. The fourth-order valence-electron chi connectivity index (χ4n) is 1.48. The van der Waals surface area contributed by atoms with Crippen molar-refractivity contribution in [2.45, 2.75) is 13.0 Å². The summed E-state index contributed by atoms with van der Waals surface area (Å²) in [5.41, 5.74) is -0.00583. The van der Waals surface area contributed by atoms with Crippen molar-refractivity contribution in [3.05, 3.63) is 16.3 Å². The summed E-state index contributed by atoms with van der Waals surface area (Å²) in [6.45, 7) is 2.51. The lowest BCUT2D eigenvalue weighted by Gasteiger charge is -1.96. The van der Waals surface area contributed by atoms with Crippen molar-refractivity contribution in [2.24, 2.45) is 7.05 Å². The first kappa shape index (κ1) is 10.3. The van der Waals surface area contributed by atoms with Gasteiger partial charge in [0.25, 0.3) is 0 Å². The molecule has 13 heavy (non-hydrogen) atoms. The topological polar surface area (TPSA) is 51.9 Å². The van der Waals surface area contributed by atoms with Crippen LogP contribution >= 0.6 is 12.4 Å². The second-order valence-corrected chi connectivity index (χ2v) is 2.97. The van der Waals surface area contributed by atoms with Gasteiger partial charge < -0.3 is 5.32 Å². The SMILES string of the molecule is Cl.Cn1nc2n(c1=O)CCNCC2. The van der Waals surface area contributed by atoms with E-state index in [0.717, 1.165) is 31.9 Å². The molecule has 0 radical (unpaired) electrons. The summed E-state index contributed by atoms with van der Waals surface area (Å²) >= 11 is 0. The summed E-state index contributed by atoms with van der Waals surface area (Å²) in [6, 6.07) is 0. The lowest BCUT2D eigenvalue weighted by molar-refractivity contribution is 0.610. The Bertz CT molecular complexity index is 343. The first-order chi connectivity index (χ1) is 5.79. The number of aromatic nitrogens is 3.